The Labute approximate surface area is 291 Å². The van der Waals surface area contributed by atoms with E-state index in [4.69, 9.17) is 28.7 Å². The molecule has 0 saturated carbocycles. The fraction of sp³-hybridized carbons (Fsp3) is 0.306. The fourth-order valence-electron chi connectivity index (χ4n) is 5.27. The van der Waals surface area contributed by atoms with E-state index in [1.165, 1.54) is 16.9 Å². The largest absolute Gasteiger partial charge is 0.493 e. The maximum Gasteiger partial charge on any atom is 0.338 e. The highest BCUT2D eigenvalue weighted by atomic mass is 127. The molecule has 0 amide bonds. The number of carbonyl (C=O) groups excluding carboxylic acids is 1. The van der Waals surface area contributed by atoms with Crippen LogP contribution in [0.4, 0.5) is 0 Å². The van der Waals surface area contributed by atoms with Crippen molar-refractivity contribution in [3.8, 4) is 23.0 Å². The van der Waals surface area contributed by atoms with Crippen molar-refractivity contribution < 1.29 is 28.5 Å². The van der Waals surface area contributed by atoms with Gasteiger partial charge in [-0.15, -0.1) is 0 Å². The van der Waals surface area contributed by atoms with Gasteiger partial charge in [0.2, 0.25) is 0 Å². The summed E-state index contributed by atoms with van der Waals surface area (Å²) in [7, 11) is 3.15. The second-order valence-electron chi connectivity index (χ2n) is 11.2. The van der Waals surface area contributed by atoms with Crippen LogP contribution in [0.15, 0.2) is 75.7 Å². The molecule has 4 aromatic rings. The zero-order valence-corrected chi connectivity index (χ0v) is 30.4. The number of halogens is 1. The van der Waals surface area contributed by atoms with Crippen molar-refractivity contribution in [2.75, 3.05) is 20.8 Å². The van der Waals surface area contributed by atoms with Gasteiger partial charge in [-0.25, -0.2) is 9.79 Å². The van der Waals surface area contributed by atoms with Gasteiger partial charge in [0.25, 0.3) is 5.56 Å². The monoisotopic (exact) mass is 768 g/mol. The van der Waals surface area contributed by atoms with Gasteiger partial charge in [-0.2, -0.15) is 0 Å². The van der Waals surface area contributed by atoms with E-state index in [1.807, 2.05) is 51.1 Å². The Morgan fingerprint density at radius 2 is 1.74 bits per heavy atom. The highest BCUT2D eigenvalue weighted by Crippen LogP contribution is 2.37. The van der Waals surface area contributed by atoms with E-state index in [1.54, 1.807) is 50.8 Å². The molecule has 1 aromatic heterocycles. The fourth-order valence-corrected chi connectivity index (χ4v) is 7.09. The third kappa shape index (κ3) is 7.41. The molecule has 5 rings (SSSR count). The summed E-state index contributed by atoms with van der Waals surface area (Å²) in [5.41, 5.74) is 4.13. The van der Waals surface area contributed by atoms with E-state index in [9.17, 15) is 9.59 Å². The van der Waals surface area contributed by atoms with Crippen LogP contribution in [0.2, 0.25) is 0 Å². The Morgan fingerprint density at radius 3 is 2.40 bits per heavy atom. The summed E-state index contributed by atoms with van der Waals surface area (Å²) in [6.07, 6.45) is 1.74. The first-order valence-corrected chi connectivity index (χ1v) is 17.0. The molecule has 1 aliphatic rings. The number of aryl methyl sites for hydroxylation is 1. The highest BCUT2D eigenvalue weighted by Gasteiger charge is 2.34. The normalized spacial score (nSPS) is 14.5. The standard InChI is InChI=1S/C36H37IN2O7S/c1-8-44-35(41)31-22(5)38-36-39(32(31)25-13-14-27(46-20(2)3)28(18-25)42-6)34(40)30(47-36)17-24-15-26(37)33(29(16-24)43-7)45-19-23-11-9-21(4)10-12-23/h9-18,20,32H,8,19H2,1-7H3/b30-17-/t32-/m0/s1. The maximum absolute atomic E-state index is 14.2. The molecule has 0 N–H and O–H groups in total. The number of carbonyl (C=O) groups is 1. The minimum atomic E-state index is -0.790. The van der Waals surface area contributed by atoms with Crippen LogP contribution in [0.3, 0.4) is 0 Å². The van der Waals surface area contributed by atoms with Crippen LogP contribution in [0.5, 0.6) is 23.0 Å². The quantitative estimate of drug-likeness (QED) is 0.135. The molecule has 47 heavy (non-hydrogen) atoms. The number of nitrogens with zero attached hydrogens (tertiary/aromatic N) is 2. The van der Waals surface area contributed by atoms with E-state index in [0.29, 0.717) is 50.2 Å². The third-order valence-electron chi connectivity index (χ3n) is 7.44. The summed E-state index contributed by atoms with van der Waals surface area (Å²) >= 11 is 3.47. The zero-order valence-electron chi connectivity index (χ0n) is 27.4. The molecule has 0 spiro atoms. The van der Waals surface area contributed by atoms with Crippen molar-refractivity contribution in [1.82, 2.24) is 4.57 Å². The summed E-state index contributed by atoms with van der Waals surface area (Å²) in [6.45, 7) is 9.98. The Kier molecular flexibility index (Phi) is 10.8. The van der Waals surface area contributed by atoms with Crippen molar-refractivity contribution in [2.24, 2.45) is 4.99 Å². The average Bonchev–Trinajstić information content (AvgIpc) is 3.34. The second kappa shape index (κ2) is 14.8. The number of methoxy groups -OCH3 is 2. The Morgan fingerprint density at radius 1 is 1.02 bits per heavy atom. The van der Waals surface area contributed by atoms with Crippen molar-refractivity contribution in [1.29, 1.82) is 0 Å². The molecule has 0 fully saturated rings. The number of fused-ring (bicyclic) bond motifs is 1. The van der Waals surface area contributed by atoms with Gasteiger partial charge in [-0.05, 0) is 104 Å². The first-order chi connectivity index (χ1) is 22.5. The number of ether oxygens (including phenoxy) is 5. The summed E-state index contributed by atoms with van der Waals surface area (Å²) in [5.74, 6) is 1.70. The SMILES string of the molecule is CCOC(=O)C1=C(C)N=c2s/c(=C\c3cc(I)c(OCc4ccc(C)cc4)c(OC)c3)c(=O)n2[C@H]1c1ccc(OC(C)C)c(OC)c1. The smallest absolute Gasteiger partial charge is 0.338 e. The van der Waals surface area contributed by atoms with Gasteiger partial charge in [0, 0.05) is 0 Å². The van der Waals surface area contributed by atoms with E-state index in [0.717, 1.165) is 14.7 Å². The molecule has 3 aromatic carbocycles. The summed E-state index contributed by atoms with van der Waals surface area (Å²) in [5, 5.41) is 0. The number of hydrogen-bond acceptors (Lipinski definition) is 9. The van der Waals surface area contributed by atoms with Crippen LogP contribution < -0.4 is 33.8 Å². The van der Waals surface area contributed by atoms with Gasteiger partial charge < -0.3 is 23.7 Å². The van der Waals surface area contributed by atoms with Crippen LogP contribution >= 0.6 is 33.9 Å². The van der Waals surface area contributed by atoms with Gasteiger partial charge in [0.15, 0.2) is 27.8 Å². The lowest BCUT2D eigenvalue weighted by atomic mass is 9.95. The van der Waals surface area contributed by atoms with Crippen LogP contribution in [-0.4, -0.2) is 37.5 Å². The summed E-state index contributed by atoms with van der Waals surface area (Å²) in [4.78, 5) is 32.7. The van der Waals surface area contributed by atoms with Gasteiger partial charge in [0.05, 0.1) is 52.3 Å². The molecule has 1 atom stereocenters. The lowest BCUT2D eigenvalue weighted by Gasteiger charge is -2.25. The molecule has 2 heterocycles. The van der Waals surface area contributed by atoms with Crippen molar-refractivity contribution >= 4 is 46.0 Å². The Hall–Kier alpha value is -4.10. The minimum Gasteiger partial charge on any atom is -0.493 e. The molecular weight excluding hydrogens is 731 g/mol. The van der Waals surface area contributed by atoms with Crippen LogP contribution in [0, 0.1) is 10.5 Å². The molecule has 11 heteroatoms. The van der Waals surface area contributed by atoms with Crippen molar-refractivity contribution in [3.63, 3.8) is 0 Å². The number of allylic oxidation sites excluding steroid dienone is 1. The number of thiazole rings is 1. The third-order valence-corrected chi connectivity index (χ3v) is 9.22. The number of hydrogen-bond donors (Lipinski definition) is 0. The molecule has 246 valence electrons. The number of esters is 1. The molecule has 0 aliphatic carbocycles. The van der Waals surface area contributed by atoms with Gasteiger partial charge in [0.1, 0.15) is 6.61 Å². The van der Waals surface area contributed by atoms with Crippen LogP contribution in [-0.2, 0) is 16.1 Å². The van der Waals surface area contributed by atoms with Crippen LogP contribution in [0.25, 0.3) is 6.08 Å². The predicted octanol–water partition coefficient (Wildman–Crippen LogP) is 6.09. The van der Waals surface area contributed by atoms with E-state index in [2.05, 4.69) is 34.7 Å². The van der Waals surface area contributed by atoms with Gasteiger partial charge >= 0.3 is 5.97 Å². The molecular formula is C36H37IN2O7S. The average molecular weight is 769 g/mol. The summed E-state index contributed by atoms with van der Waals surface area (Å²) < 4.78 is 31.7. The van der Waals surface area contributed by atoms with Crippen LogP contribution in [0.1, 0.15) is 56.0 Å². The minimum absolute atomic E-state index is 0.0693. The van der Waals surface area contributed by atoms with Crippen molar-refractivity contribution in [2.45, 2.75) is 53.4 Å². The number of rotatable bonds is 11. The van der Waals surface area contributed by atoms with E-state index in [-0.39, 0.29) is 23.8 Å². The second-order valence-corrected chi connectivity index (χ2v) is 13.4. The van der Waals surface area contributed by atoms with Crippen molar-refractivity contribution in [3.05, 3.63) is 111 Å². The lowest BCUT2D eigenvalue weighted by molar-refractivity contribution is -0.139. The molecule has 1 aliphatic heterocycles. The first-order valence-electron chi connectivity index (χ1n) is 15.1. The summed E-state index contributed by atoms with van der Waals surface area (Å²) in [6, 6.07) is 16.6. The highest BCUT2D eigenvalue weighted by molar-refractivity contribution is 14.1. The number of benzene rings is 3. The molecule has 9 nitrogen and oxygen atoms in total. The zero-order chi connectivity index (χ0) is 33.8. The lowest BCUT2D eigenvalue weighted by Crippen LogP contribution is -2.40. The molecule has 0 radical (unpaired) electrons. The molecule has 0 bridgehead atoms. The molecule has 0 unspecified atom stereocenters. The Bertz CT molecular complexity index is 2010. The van der Waals surface area contributed by atoms with E-state index >= 15 is 0 Å². The van der Waals surface area contributed by atoms with E-state index < -0.39 is 12.0 Å². The molecule has 0 saturated heterocycles. The Balaban J connectivity index is 1.59. The predicted molar refractivity (Wildman–Crippen MR) is 190 cm³/mol. The topological polar surface area (TPSA) is 97.6 Å². The van der Waals surface area contributed by atoms with Gasteiger partial charge in [-0.1, -0.05) is 47.2 Å². The maximum atomic E-state index is 14.2. The first kappa shape index (κ1) is 34.2. The van der Waals surface area contributed by atoms with Gasteiger partial charge in [-0.3, -0.25) is 9.36 Å². The number of aromatic nitrogens is 1.